The zero-order valence-corrected chi connectivity index (χ0v) is 14.7. The van der Waals surface area contributed by atoms with Crippen LogP contribution in [0.15, 0.2) is 18.3 Å². The van der Waals surface area contributed by atoms with Crippen LogP contribution in [-0.2, 0) is 0 Å². The van der Waals surface area contributed by atoms with Crippen LogP contribution in [0.1, 0.15) is 32.1 Å². The van der Waals surface area contributed by atoms with Crippen molar-refractivity contribution in [2.24, 2.45) is 0 Å². The molecule has 5 nitrogen and oxygen atoms in total. The minimum Gasteiger partial charge on any atom is -0.360 e. The number of thiocarbonyl (C=S) groups is 1. The fourth-order valence-corrected chi connectivity index (χ4v) is 3.57. The van der Waals surface area contributed by atoms with Crippen LogP contribution in [0.5, 0.6) is 0 Å². The Kier molecular flexibility index (Phi) is 5.67. The predicted octanol–water partition coefficient (Wildman–Crippen LogP) is 2.45. The zero-order chi connectivity index (χ0) is 16.1. The third-order valence-corrected chi connectivity index (χ3v) is 4.99. The van der Waals surface area contributed by atoms with Crippen molar-refractivity contribution in [3.05, 3.63) is 18.3 Å². The number of likely N-dealkylation sites (N-methyl/N-ethyl adjacent to an activating group) is 1. The van der Waals surface area contributed by atoms with Crippen LogP contribution in [0.3, 0.4) is 0 Å². The molecule has 126 valence electrons. The molecule has 1 saturated carbocycles. The lowest BCUT2D eigenvalue weighted by Crippen LogP contribution is -2.44. The van der Waals surface area contributed by atoms with Crippen LogP contribution in [-0.4, -0.2) is 54.3 Å². The van der Waals surface area contributed by atoms with E-state index in [4.69, 9.17) is 12.2 Å². The van der Waals surface area contributed by atoms with Gasteiger partial charge in [0.25, 0.3) is 0 Å². The molecule has 0 amide bonds. The quantitative estimate of drug-likeness (QED) is 0.829. The van der Waals surface area contributed by atoms with Crippen LogP contribution in [0.4, 0.5) is 11.5 Å². The Morgan fingerprint density at radius 3 is 2.52 bits per heavy atom. The first-order valence-electron chi connectivity index (χ1n) is 8.68. The molecular formula is C17H27N5S. The van der Waals surface area contributed by atoms with E-state index in [9.17, 15) is 0 Å². The number of hydrogen-bond donors (Lipinski definition) is 2. The minimum atomic E-state index is 0.529. The highest BCUT2D eigenvalue weighted by Crippen LogP contribution is 2.18. The highest BCUT2D eigenvalue weighted by molar-refractivity contribution is 7.80. The van der Waals surface area contributed by atoms with E-state index in [1.165, 1.54) is 32.1 Å². The molecule has 2 N–H and O–H groups in total. The maximum absolute atomic E-state index is 5.42. The van der Waals surface area contributed by atoms with Gasteiger partial charge in [0.15, 0.2) is 5.11 Å². The Bertz CT molecular complexity index is 504. The van der Waals surface area contributed by atoms with Gasteiger partial charge in [0.2, 0.25) is 0 Å². The molecule has 0 unspecified atom stereocenters. The Labute approximate surface area is 144 Å². The summed E-state index contributed by atoms with van der Waals surface area (Å²) < 4.78 is 0. The molecule has 0 bridgehead atoms. The molecule has 3 rings (SSSR count). The molecular weight excluding hydrogens is 306 g/mol. The summed E-state index contributed by atoms with van der Waals surface area (Å²) in [7, 11) is 2.16. The summed E-state index contributed by atoms with van der Waals surface area (Å²) in [6.07, 6.45) is 8.30. The highest BCUT2D eigenvalue weighted by atomic mass is 32.1. The smallest absolute Gasteiger partial charge is 0.171 e. The van der Waals surface area contributed by atoms with E-state index >= 15 is 0 Å². The van der Waals surface area contributed by atoms with Gasteiger partial charge in [-0.25, -0.2) is 4.98 Å². The molecule has 23 heavy (non-hydrogen) atoms. The van der Waals surface area contributed by atoms with Crippen molar-refractivity contribution in [2.75, 3.05) is 43.4 Å². The van der Waals surface area contributed by atoms with Gasteiger partial charge in [-0.1, -0.05) is 19.3 Å². The summed E-state index contributed by atoms with van der Waals surface area (Å²) in [5, 5.41) is 7.40. The van der Waals surface area contributed by atoms with Gasteiger partial charge in [-0.05, 0) is 44.2 Å². The van der Waals surface area contributed by atoms with Crippen LogP contribution in [0.25, 0.3) is 0 Å². The largest absolute Gasteiger partial charge is 0.360 e. The maximum atomic E-state index is 5.42. The first kappa shape index (κ1) is 16.5. The van der Waals surface area contributed by atoms with Crippen LogP contribution >= 0.6 is 12.2 Å². The second kappa shape index (κ2) is 7.93. The molecule has 1 saturated heterocycles. The third kappa shape index (κ3) is 4.78. The lowest BCUT2D eigenvalue weighted by atomic mass is 9.96. The molecule has 6 heteroatoms. The maximum Gasteiger partial charge on any atom is 0.171 e. The molecule has 1 aromatic heterocycles. The van der Waals surface area contributed by atoms with Crippen molar-refractivity contribution in [3.63, 3.8) is 0 Å². The van der Waals surface area contributed by atoms with Crippen molar-refractivity contribution in [1.29, 1.82) is 0 Å². The molecule has 1 aliphatic heterocycles. The second-order valence-electron chi connectivity index (χ2n) is 6.63. The first-order valence-corrected chi connectivity index (χ1v) is 9.08. The van der Waals surface area contributed by atoms with E-state index in [1.54, 1.807) is 0 Å². The zero-order valence-electron chi connectivity index (χ0n) is 13.9. The van der Waals surface area contributed by atoms with Crippen molar-refractivity contribution in [2.45, 2.75) is 38.1 Å². The summed E-state index contributed by atoms with van der Waals surface area (Å²) >= 11 is 5.42. The summed E-state index contributed by atoms with van der Waals surface area (Å²) in [5.74, 6) is 1.05. The van der Waals surface area contributed by atoms with Gasteiger partial charge in [0.05, 0.1) is 11.9 Å². The van der Waals surface area contributed by atoms with Gasteiger partial charge in [-0.15, -0.1) is 0 Å². The Morgan fingerprint density at radius 1 is 1.13 bits per heavy atom. The van der Waals surface area contributed by atoms with E-state index in [2.05, 4.69) is 44.6 Å². The Morgan fingerprint density at radius 2 is 1.87 bits per heavy atom. The van der Waals surface area contributed by atoms with Gasteiger partial charge >= 0.3 is 0 Å². The third-order valence-electron chi connectivity index (χ3n) is 4.77. The van der Waals surface area contributed by atoms with E-state index in [-0.39, 0.29) is 0 Å². The molecule has 0 atom stereocenters. The average molecular weight is 334 g/mol. The van der Waals surface area contributed by atoms with Crippen LogP contribution in [0.2, 0.25) is 0 Å². The number of piperazine rings is 1. The molecule has 0 spiro atoms. The van der Waals surface area contributed by atoms with E-state index in [0.29, 0.717) is 11.2 Å². The molecule has 2 aliphatic rings. The van der Waals surface area contributed by atoms with Crippen LogP contribution < -0.4 is 15.5 Å². The molecule has 2 fully saturated rings. The fraction of sp³-hybridized carbons (Fsp3) is 0.647. The Hall–Kier alpha value is -1.40. The van der Waals surface area contributed by atoms with E-state index in [0.717, 1.165) is 37.7 Å². The standard InChI is InChI=1S/C17H27N5S/c1-21-9-11-22(12-10-21)16-8-7-15(13-18-16)20-17(23)19-14-5-3-2-4-6-14/h7-8,13-14H,2-6,9-12H2,1H3,(H2,19,20,23). The van der Waals surface area contributed by atoms with Gasteiger partial charge in [0, 0.05) is 32.2 Å². The van der Waals surface area contributed by atoms with Gasteiger partial charge < -0.3 is 20.4 Å². The molecule has 0 aromatic carbocycles. The number of nitrogens with one attached hydrogen (secondary N) is 2. The summed E-state index contributed by atoms with van der Waals surface area (Å²) in [6.45, 7) is 4.27. The van der Waals surface area contributed by atoms with Gasteiger partial charge in [-0.3, -0.25) is 0 Å². The average Bonchev–Trinajstić information content (AvgIpc) is 2.57. The van der Waals surface area contributed by atoms with E-state index in [1.807, 2.05) is 6.20 Å². The SMILES string of the molecule is CN1CCN(c2ccc(NC(=S)NC3CCCCC3)cn2)CC1. The highest BCUT2D eigenvalue weighted by Gasteiger charge is 2.16. The topological polar surface area (TPSA) is 43.4 Å². The lowest BCUT2D eigenvalue weighted by Gasteiger charge is -2.33. The number of pyridine rings is 1. The van der Waals surface area contributed by atoms with Crippen molar-refractivity contribution in [3.8, 4) is 0 Å². The Balaban J connectivity index is 1.49. The van der Waals surface area contributed by atoms with Gasteiger partial charge in [0.1, 0.15) is 5.82 Å². The van der Waals surface area contributed by atoms with Crippen molar-refractivity contribution in [1.82, 2.24) is 15.2 Å². The fourth-order valence-electron chi connectivity index (χ4n) is 3.28. The number of anilines is 2. The molecule has 1 aliphatic carbocycles. The molecule has 0 radical (unpaired) electrons. The molecule has 2 heterocycles. The van der Waals surface area contributed by atoms with E-state index < -0.39 is 0 Å². The number of aromatic nitrogens is 1. The number of rotatable bonds is 3. The van der Waals surface area contributed by atoms with Gasteiger partial charge in [-0.2, -0.15) is 0 Å². The number of hydrogen-bond acceptors (Lipinski definition) is 4. The second-order valence-corrected chi connectivity index (χ2v) is 7.04. The molecule has 1 aromatic rings. The number of nitrogens with zero attached hydrogens (tertiary/aromatic N) is 3. The van der Waals surface area contributed by atoms with Crippen molar-refractivity contribution < 1.29 is 0 Å². The van der Waals surface area contributed by atoms with Crippen molar-refractivity contribution >= 4 is 28.8 Å². The monoisotopic (exact) mass is 333 g/mol. The predicted molar refractivity (Wildman–Crippen MR) is 100 cm³/mol. The lowest BCUT2D eigenvalue weighted by molar-refractivity contribution is 0.312. The minimum absolute atomic E-state index is 0.529. The normalized spacial score (nSPS) is 20.3. The van der Waals surface area contributed by atoms with Crippen LogP contribution in [0, 0.1) is 0 Å². The first-order chi connectivity index (χ1) is 11.2. The summed E-state index contributed by atoms with van der Waals surface area (Å²) in [6, 6.07) is 4.67. The summed E-state index contributed by atoms with van der Waals surface area (Å²) in [4.78, 5) is 9.27. The summed E-state index contributed by atoms with van der Waals surface area (Å²) in [5.41, 5.74) is 0.955.